The topological polar surface area (TPSA) is 21.1 Å². The highest BCUT2D eigenvalue weighted by atomic mass is 15.3. The van der Waals surface area contributed by atoms with Crippen LogP contribution < -0.4 is 4.90 Å². The van der Waals surface area contributed by atoms with E-state index in [1.165, 1.54) is 48.3 Å². The summed E-state index contributed by atoms with van der Waals surface area (Å²) < 4.78 is 2.38. The first-order valence-electron chi connectivity index (χ1n) is 8.26. The lowest BCUT2D eigenvalue weighted by Gasteiger charge is -2.20. The van der Waals surface area contributed by atoms with Crippen LogP contribution in [0.2, 0.25) is 0 Å². The van der Waals surface area contributed by atoms with Gasteiger partial charge >= 0.3 is 0 Å². The molecule has 0 spiro atoms. The molecule has 3 nitrogen and oxygen atoms in total. The van der Waals surface area contributed by atoms with Crippen LogP contribution in [-0.2, 0) is 19.5 Å². The molecular formula is C18H23N3. The maximum Gasteiger partial charge on any atom is 0.0675 e. The van der Waals surface area contributed by atoms with E-state index in [1.807, 2.05) is 0 Å². The summed E-state index contributed by atoms with van der Waals surface area (Å²) in [6.45, 7) is 4.27. The van der Waals surface area contributed by atoms with Crippen molar-refractivity contribution in [2.45, 2.75) is 58.2 Å². The Hall–Kier alpha value is -1.77. The second-order valence-corrected chi connectivity index (χ2v) is 6.30. The molecule has 1 aliphatic carbocycles. The molecule has 0 bridgehead atoms. The lowest BCUT2D eigenvalue weighted by molar-refractivity contribution is 0.447. The Labute approximate surface area is 126 Å². The molecule has 2 heterocycles. The molecule has 2 aliphatic rings. The van der Waals surface area contributed by atoms with Gasteiger partial charge in [-0.15, -0.1) is 0 Å². The number of fused-ring (bicyclic) bond motifs is 1. The summed E-state index contributed by atoms with van der Waals surface area (Å²) in [5.41, 5.74) is 5.61. The van der Waals surface area contributed by atoms with Gasteiger partial charge in [0.15, 0.2) is 0 Å². The molecule has 2 aromatic rings. The lowest BCUT2D eigenvalue weighted by atomic mass is 10.2. The predicted octanol–water partition coefficient (Wildman–Crippen LogP) is 4.08. The third kappa shape index (κ3) is 2.15. The van der Waals surface area contributed by atoms with Crippen molar-refractivity contribution in [3.8, 4) is 0 Å². The Morgan fingerprint density at radius 2 is 1.86 bits per heavy atom. The van der Waals surface area contributed by atoms with Crippen LogP contribution in [0.1, 0.15) is 55.6 Å². The zero-order valence-corrected chi connectivity index (χ0v) is 12.8. The largest absolute Gasteiger partial charge is 0.361 e. The van der Waals surface area contributed by atoms with Gasteiger partial charge in [-0.1, -0.05) is 38.0 Å². The summed E-state index contributed by atoms with van der Waals surface area (Å²) in [6.07, 6.45) is 6.39. The fourth-order valence-corrected chi connectivity index (χ4v) is 3.89. The molecule has 0 saturated heterocycles. The number of aromatic nitrogens is 2. The molecule has 0 atom stereocenters. The van der Waals surface area contributed by atoms with Crippen LogP contribution in [0.4, 0.5) is 5.69 Å². The summed E-state index contributed by atoms with van der Waals surface area (Å²) in [6, 6.07) is 11.4. The molecule has 0 N–H and O–H groups in total. The monoisotopic (exact) mass is 281 g/mol. The van der Waals surface area contributed by atoms with Crippen molar-refractivity contribution in [3.05, 3.63) is 47.3 Å². The molecular weight excluding hydrogens is 258 g/mol. The second-order valence-electron chi connectivity index (χ2n) is 6.30. The fraction of sp³-hybridized carbons (Fsp3) is 0.500. The van der Waals surface area contributed by atoms with Crippen LogP contribution in [0, 0.1) is 0 Å². The maximum absolute atomic E-state index is 4.95. The minimum Gasteiger partial charge on any atom is -0.361 e. The van der Waals surface area contributed by atoms with E-state index >= 15 is 0 Å². The number of benzene rings is 1. The third-order valence-corrected chi connectivity index (χ3v) is 5.02. The van der Waals surface area contributed by atoms with Gasteiger partial charge in [-0.2, -0.15) is 5.10 Å². The SMILES string of the molecule is CCc1nn(C2CCCC2)c2c1CN(c1ccccc1)C2. The highest BCUT2D eigenvalue weighted by Gasteiger charge is 2.30. The van der Waals surface area contributed by atoms with Crippen LogP contribution >= 0.6 is 0 Å². The van der Waals surface area contributed by atoms with Gasteiger partial charge in [-0.25, -0.2) is 0 Å². The van der Waals surface area contributed by atoms with E-state index in [4.69, 9.17) is 5.10 Å². The zero-order chi connectivity index (χ0) is 14.2. The van der Waals surface area contributed by atoms with Gasteiger partial charge in [0.1, 0.15) is 0 Å². The van der Waals surface area contributed by atoms with Gasteiger partial charge in [-0.3, -0.25) is 4.68 Å². The van der Waals surface area contributed by atoms with Gasteiger partial charge in [0.25, 0.3) is 0 Å². The average Bonchev–Trinajstić information content (AvgIpc) is 3.24. The Bertz CT molecular complexity index is 623. The third-order valence-electron chi connectivity index (χ3n) is 5.02. The number of anilines is 1. The molecule has 1 aromatic carbocycles. The normalized spacial score (nSPS) is 18.4. The van der Waals surface area contributed by atoms with Crippen molar-refractivity contribution in [2.24, 2.45) is 0 Å². The van der Waals surface area contributed by atoms with Crippen molar-refractivity contribution < 1.29 is 0 Å². The Kier molecular flexibility index (Phi) is 3.21. The van der Waals surface area contributed by atoms with Gasteiger partial charge in [0.05, 0.1) is 24.0 Å². The Morgan fingerprint density at radius 1 is 1.10 bits per heavy atom. The molecule has 4 rings (SSSR count). The number of nitrogens with zero attached hydrogens (tertiary/aromatic N) is 3. The highest BCUT2D eigenvalue weighted by Crippen LogP contribution is 2.36. The van der Waals surface area contributed by atoms with E-state index in [0.717, 1.165) is 19.5 Å². The highest BCUT2D eigenvalue weighted by molar-refractivity contribution is 5.51. The first kappa shape index (κ1) is 12.9. The fourth-order valence-electron chi connectivity index (χ4n) is 3.89. The lowest BCUT2D eigenvalue weighted by Crippen LogP contribution is -2.18. The minimum atomic E-state index is 0.648. The summed E-state index contributed by atoms with van der Waals surface area (Å²) in [5.74, 6) is 0. The van der Waals surface area contributed by atoms with E-state index in [9.17, 15) is 0 Å². The molecule has 1 aromatic heterocycles. The Balaban J connectivity index is 1.68. The van der Waals surface area contributed by atoms with E-state index in [2.05, 4.69) is 46.8 Å². The predicted molar refractivity (Wildman–Crippen MR) is 85.4 cm³/mol. The molecule has 1 fully saturated rings. The van der Waals surface area contributed by atoms with Crippen molar-refractivity contribution in [1.29, 1.82) is 0 Å². The number of hydrogen-bond acceptors (Lipinski definition) is 2. The van der Waals surface area contributed by atoms with Gasteiger partial charge < -0.3 is 4.90 Å². The summed E-state index contributed by atoms with van der Waals surface area (Å²) in [5, 5.41) is 4.95. The van der Waals surface area contributed by atoms with Crippen LogP contribution in [0.5, 0.6) is 0 Å². The Morgan fingerprint density at radius 3 is 2.57 bits per heavy atom. The van der Waals surface area contributed by atoms with Crippen LogP contribution in [0.15, 0.2) is 30.3 Å². The van der Waals surface area contributed by atoms with Crippen LogP contribution in [-0.4, -0.2) is 9.78 Å². The molecule has 1 aliphatic heterocycles. The van der Waals surface area contributed by atoms with Crippen LogP contribution in [0.3, 0.4) is 0 Å². The van der Waals surface area contributed by atoms with E-state index in [0.29, 0.717) is 6.04 Å². The van der Waals surface area contributed by atoms with Crippen LogP contribution in [0.25, 0.3) is 0 Å². The first-order valence-corrected chi connectivity index (χ1v) is 8.26. The van der Waals surface area contributed by atoms with Gasteiger partial charge in [-0.05, 0) is 31.4 Å². The average molecular weight is 281 g/mol. The van der Waals surface area contributed by atoms with Crippen molar-refractivity contribution in [3.63, 3.8) is 0 Å². The molecule has 0 unspecified atom stereocenters. The second kappa shape index (κ2) is 5.21. The van der Waals surface area contributed by atoms with Gasteiger partial charge in [0.2, 0.25) is 0 Å². The quantitative estimate of drug-likeness (QED) is 0.845. The minimum absolute atomic E-state index is 0.648. The number of hydrogen-bond donors (Lipinski definition) is 0. The number of aryl methyl sites for hydroxylation is 1. The molecule has 0 radical (unpaired) electrons. The maximum atomic E-state index is 4.95. The summed E-state index contributed by atoms with van der Waals surface area (Å²) in [7, 11) is 0. The van der Waals surface area contributed by atoms with E-state index in [1.54, 1.807) is 0 Å². The number of para-hydroxylation sites is 1. The first-order chi connectivity index (χ1) is 10.4. The van der Waals surface area contributed by atoms with Crippen molar-refractivity contribution >= 4 is 5.69 Å². The molecule has 3 heteroatoms. The molecule has 1 saturated carbocycles. The van der Waals surface area contributed by atoms with E-state index in [-0.39, 0.29) is 0 Å². The molecule has 21 heavy (non-hydrogen) atoms. The molecule has 0 amide bonds. The van der Waals surface area contributed by atoms with Crippen molar-refractivity contribution in [1.82, 2.24) is 9.78 Å². The standard InChI is InChI=1S/C18H23N3/c1-2-17-16-12-20(14-8-4-3-5-9-14)13-18(16)21(19-17)15-10-6-7-11-15/h3-5,8-9,15H,2,6-7,10-13H2,1H3. The van der Waals surface area contributed by atoms with Gasteiger partial charge in [0, 0.05) is 17.8 Å². The molecule has 110 valence electrons. The van der Waals surface area contributed by atoms with E-state index < -0.39 is 0 Å². The summed E-state index contributed by atoms with van der Waals surface area (Å²) >= 11 is 0. The van der Waals surface area contributed by atoms with Crippen molar-refractivity contribution in [2.75, 3.05) is 4.90 Å². The number of rotatable bonds is 3. The zero-order valence-electron chi connectivity index (χ0n) is 12.8. The smallest absolute Gasteiger partial charge is 0.0675 e. The summed E-state index contributed by atoms with van der Waals surface area (Å²) in [4.78, 5) is 2.48.